The number of hydrogen-bond donors (Lipinski definition) is 1. The Balaban J connectivity index is 2.58. The predicted molar refractivity (Wildman–Crippen MR) is 34.0 cm³/mol. The minimum atomic E-state index is -0.0856. The summed E-state index contributed by atoms with van der Waals surface area (Å²) >= 11 is 0. The maximum atomic E-state index is 10.7. The Morgan fingerprint density at radius 2 is 2.33 bits per heavy atom. The predicted octanol–water partition coefficient (Wildman–Crippen LogP) is 0.594. The summed E-state index contributed by atoms with van der Waals surface area (Å²) in [4.78, 5) is 10.7. The first kappa shape index (κ1) is 6.75. The third-order valence-corrected chi connectivity index (χ3v) is 2.14. The zero-order valence-corrected chi connectivity index (χ0v) is 5.85. The number of hydrogen-bond acceptors (Lipinski definition) is 2. The number of aliphatic hydroxyl groups excluding tert-OH is 1. The molecule has 0 amide bonds. The molecule has 2 heteroatoms. The van der Waals surface area contributed by atoms with Crippen molar-refractivity contribution in [3.05, 3.63) is 0 Å². The van der Waals surface area contributed by atoms with Gasteiger partial charge in [0.05, 0.1) is 6.61 Å². The first-order chi connectivity index (χ1) is 4.08. The second kappa shape index (κ2) is 1.81. The Labute approximate surface area is 54.9 Å². The van der Waals surface area contributed by atoms with Gasteiger partial charge in [0, 0.05) is 12.3 Å². The van der Waals surface area contributed by atoms with E-state index in [2.05, 4.69) is 0 Å². The van der Waals surface area contributed by atoms with E-state index in [1.165, 1.54) is 0 Å². The third kappa shape index (κ3) is 0.874. The number of carbonyl (C=O) groups excluding carboxylic acids is 1. The van der Waals surface area contributed by atoms with Crippen molar-refractivity contribution in [1.29, 1.82) is 0 Å². The minimum absolute atomic E-state index is 0.0197. The smallest absolute Gasteiger partial charge is 0.139 e. The maximum Gasteiger partial charge on any atom is 0.139 e. The van der Waals surface area contributed by atoms with Crippen LogP contribution in [0.4, 0.5) is 0 Å². The first-order valence-electron chi connectivity index (χ1n) is 3.21. The van der Waals surface area contributed by atoms with Crippen LogP contribution in [0.5, 0.6) is 0 Å². The molecule has 0 spiro atoms. The van der Waals surface area contributed by atoms with Gasteiger partial charge in [-0.3, -0.25) is 4.79 Å². The molecule has 0 aromatic carbocycles. The molecule has 0 heterocycles. The van der Waals surface area contributed by atoms with Crippen molar-refractivity contribution in [2.45, 2.75) is 20.3 Å². The lowest BCUT2D eigenvalue weighted by molar-refractivity contribution is -0.143. The molecule has 2 nitrogen and oxygen atoms in total. The van der Waals surface area contributed by atoms with Gasteiger partial charge in [0.1, 0.15) is 5.78 Å². The van der Waals surface area contributed by atoms with E-state index in [0.717, 1.165) is 0 Å². The van der Waals surface area contributed by atoms with Gasteiger partial charge in [0.15, 0.2) is 0 Å². The van der Waals surface area contributed by atoms with Gasteiger partial charge in [-0.25, -0.2) is 0 Å². The molecule has 0 aliphatic heterocycles. The van der Waals surface area contributed by atoms with E-state index in [4.69, 9.17) is 5.11 Å². The summed E-state index contributed by atoms with van der Waals surface area (Å²) in [5.74, 6) is 0.125. The minimum Gasteiger partial charge on any atom is -0.396 e. The number of rotatable bonds is 1. The van der Waals surface area contributed by atoms with E-state index < -0.39 is 0 Å². The zero-order valence-electron chi connectivity index (χ0n) is 5.85. The van der Waals surface area contributed by atoms with Crippen molar-refractivity contribution in [3.63, 3.8) is 0 Å². The molecule has 1 atom stereocenters. The Kier molecular flexibility index (Phi) is 1.35. The fraction of sp³-hybridized carbons (Fsp3) is 0.857. The van der Waals surface area contributed by atoms with Crippen molar-refractivity contribution < 1.29 is 9.90 Å². The molecule has 52 valence electrons. The molecule has 1 rings (SSSR count). The molecule has 1 fully saturated rings. The summed E-state index contributed by atoms with van der Waals surface area (Å²) in [6.45, 7) is 4.04. The monoisotopic (exact) mass is 128 g/mol. The van der Waals surface area contributed by atoms with Gasteiger partial charge in [0.2, 0.25) is 0 Å². The number of carbonyl (C=O) groups is 1. The molecule has 1 saturated carbocycles. The average molecular weight is 128 g/mol. The lowest BCUT2D eigenvalue weighted by Crippen LogP contribution is -2.46. The van der Waals surface area contributed by atoms with Crippen LogP contribution in [0.15, 0.2) is 0 Å². The molecular weight excluding hydrogens is 116 g/mol. The van der Waals surface area contributed by atoms with Crippen LogP contribution in [0.25, 0.3) is 0 Å². The summed E-state index contributed by atoms with van der Waals surface area (Å²) in [5, 5.41) is 8.67. The molecule has 0 radical (unpaired) electrons. The van der Waals surface area contributed by atoms with E-state index in [1.54, 1.807) is 0 Å². The normalized spacial score (nSPS) is 31.9. The highest BCUT2D eigenvalue weighted by Gasteiger charge is 2.45. The van der Waals surface area contributed by atoms with Crippen molar-refractivity contribution >= 4 is 5.78 Å². The highest BCUT2D eigenvalue weighted by atomic mass is 16.3. The molecule has 1 aliphatic carbocycles. The topological polar surface area (TPSA) is 37.3 Å². The van der Waals surface area contributed by atoms with Gasteiger partial charge in [-0.1, -0.05) is 13.8 Å². The molecule has 0 aromatic rings. The summed E-state index contributed by atoms with van der Waals surface area (Å²) in [6.07, 6.45) is 0.637. The Hall–Kier alpha value is -0.370. The molecule has 0 aromatic heterocycles. The summed E-state index contributed by atoms with van der Waals surface area (Å²) in [5.41, 5.74) is 0.0613. The SMILES string of the molecule is CC1(C)CC(=O)[C@@H]1CO. The standard InChI is InChI=1S/C7H12O2/c1-7(2)3-6(9)5(7)4-8/h5,8H,3-4H2,1-2H3/t5-/m0/s1. The fourth-order valence-electron chi connectivity index (χ4n) is 1.35. The van der Waals surface area contributed by atoms with Gasteiger partial charge < -0.3 is 5.11 Å². The largest absolute Gasteiger partial charge is 0.396 e. The van der Waals surface area contributed by atoms with Crippen LogP contribution < -0.4 is 0 Å². The van der Waals surface area contributed by atoms with Crippen LogP contribution in [-0.2, 0) is 4.79 Å². The Bertz CT molecular complexity index is 138. The van der Waals surface area contributed by atoms with Crippen molar-refractivity contribution in [1.82, 2.24) is 0 Å². The second-order valence-corrected chi connectivity index (χ2v) is 3.37. The van der Waals surface area contributed by atoms with Crippen LogP contribution in [0.3, 0.4) is 0 Å². The number of ketones is 1. The van der Waals surface area contributed by atoms with E-state index in [1.807, 2.05) is 13.8 Å². The van der Waals surface area contributed by atoms with E-state index in [9.17, 15) is 4.79 Å². The third-order valence-electron chi connectivity index (χ3n) is 2.14. The molecule has 0 bridgehead atoms. The lowest BCUT2D eigenvalue weighted by Gasteiger charge is -2.41. The van der Waals surface area contributed by atoms with Crippen LogP contribution in [-0.4, -0.2) is 17.5 Å². The van der Waals surface area contributed by atoms with Crippen molar-refractivity contribution in [2.75, 3.05) is 6.61 Å². The van der Waals surface area contributed by atoms with Crippen LogP contribution in [0.1, 0.15) is 20.3 Å². The van der Waals surface area contributed by atoms with E-state index >= 15 is 0 Å². The Morgan fingerprint density at radius 3 is 2.44 bits per heavy atom. The second-order valence-electron chi connectivity index (χ2n) is 3.37. The molecule has 0 unspecified atom stereocenters. The highest BCUT2D eigenvalue weighted by molar-refractivity contribution is 5.88. The molecule has 1 N–H and O–H groups in total. The average Bonchev–Trinajstić information content (AvgIpc) is 1.63. The lowest BCUT2D eigenvalue weighted by atomic mass is 9.62. The van der Waals surface area contributed by atoms with Gasteiger partial charge in [0.25, 0.3) is 0 Å². The van der Waals surface area contributed by atoms with Gasteiger partial charge in [-0.05, 0) is 5.41 Å². The van der Waals surface area contributed by atoms with Crippen LogP contribution >= 0.6 is 0 Å². The molecular formula is C7H12O2. The van der Waals surface area contributed by atoms with Crippen molar-refractivity contribution in [2.24, 2.45) is 11.3 Å². The first-order valence-corrected chi connectivity index (χ1v) is 3.21. The summed E-state index contributed by atoms with van der Waals surface area (Å²) in [6, 6.07) is 0. The fourth-order valence-corrected chi connectivity index (χ4v) is 1.35. The molecule has 1 aliphatic rings. The van der Waals surface area contributed by atoms with Crippen LogP contribution in [0.2, 0.25) is 0 Å². The van der Waals surface area contributed by atoms with Crippen molar-refractivity contribution in [3.8, 4) is 0 Å². The Morgan fingerprint density at radius 1 is 1.78 bits per heavy atom. The number of aliphatic hydroxyl groups is 1. The molecule has 0 saturated heterocycles. The zero-order chi connectivity index (χ0) is 7.07. The van der Waals surface area contributed by atoms with Gasteiger partial charge >= 0.3 is 0 Å². The summed E-state index contributed by atoms with van der Waals surface area (Å²) in [7, 11) is 0. The number of Topliss-reactive ketones (excluding diaryl/α,β-unsaturated/α-hetero) is 1. The highest BCUT2D eigenvalue weighted by Crippen LogP contribution is 2.42. The van der Waals surface area contributed by atoms with Gasteiger partial charge in [-0.2, -0.15) is 0 Å². The molecule has 9 heavy (non-hydrogen) atoms. The quantitative estimate of drug-likeness (QED) is 0.561. The van der Waals surface area contributed by atoms with E-state index in [-0.39, 0.29) is 23.7 Å². The maximum absolute atomic E-state index is 10.7. The van der Waals surface area contributed by atoms with Gasteiger partial charge in [-0.15, -0.1) is 0 Å². The summed E-state index contributed by atoms with van der Waals surface area (Å²) < 4.78 is 0. The van der Waals surface area contributed by atoms with Crippen LogP contribution in [0, 0.1) is 11.3 Å². The van der Waals surface area contributed by atoms with E-state index in [0.29, 0.717) is 6.42 Å².